The molecule has 0 atom stereocenters. The molecule has 6 heteroatoms. The lowest BCUT2D eigenvalue weighted by Crippen LogP contribution is -2.75. The maximum absolute atomic E-state index is 9.08. The average Bonchev–Trinajstić information content (AvgIpc) is 1.27. The monoisotopic (exact) mass is 143 g/mol. The van der Waals surface area contributed by atoms with Crippen molar-refractivity contribution in [3.05, 3.63) is 0 Å². The van der Waals surface area contributed by atoms with Gasteiger partial charge in [0, 0.05) is 6.26 Å². The molecule has 0 unspecified atom stereocenters. The second kappa shape index (κ2) is 4.98. The second-order valence-electron chi connectivity index (χ2n) is 0.962. The van der Waals surface area contributed by atoms with E-state index in [9.17, 15) is 0 Å². The number of hydrogen-bond donors (Lipinski definition) is 2. The molecule has 0 radical (unpaired) electrons. The molecule has 0 heterocycles. The van der Waals surface area contributed by atoms with Crippen LogP contribution in [0.4, 0.5) is 0 Å². The number of nitrogens with two attached hydrogens (primary N) is 1. The van der Waals surface area contributed by atoms with Gasteiger partial charge in [0.05, 0.1) is 17.2 Å². The second-order valence-corrected chi connectivity index (χ2v) is 2.37. The highest BCUT2D eigenvalue weighted by molar-refractivity contribution is 7.84. The Morgan fingerprint density at radius 3 is 1.62 bits per heavy atom. The van der Waals surface area contributed by atoms with Crippen molar-refractivity contribution in [1.29, 1.82) is 0 Å². The molecule has 0 spiro atoms. The fourth-order valence-electron chi connectivity index (χ4n) is 0. The van der Waals surface area contributed by atoms with Gasteiger partial charge in [0.1, 0.15) is 0 Å². The van der Waals surface area contributed by atoms with Crippen LogP contribution >= 0.6 is 0 Å². The van der Waals surface area contributed by atoms with E-state index in [0.717, 1.165) is 5.48 Å². The molecule has 0 fully saturated rings. The van der Waals surface area contributed by atoms with Crippen molar-refractivity contribution in [3.8, 4) is 0 Å². The SMILES string of the molecule is CS(=O)(=O)[O-].C[NH2+]O. The Kier molecular flexibility index (Phi) is 6.68. The van der Waals surface area contributed by atoms with E-state index in [-0.39, 0.29) is 0 Å². The van der Waals surface area contributed by atoms with Crippen LogP contribution in [-0.2, 0) is 10.1 Å². The van der Waals surface area contributed by atoms with Crippen LogP contribution in [0, 0.1) is 0 Å². The minimum absolute atomic E-state index is 0.604. The topological polar surface area (TPSA) is 94.0 Å². The largest absolute Gasteiger partial charge is 0.748 e. The Hall–Kier alpha value is -0.170. The van der Waals surface area contributed by atoms with Gasteiger partial charge in [0.2, 0.25) is 0 Å². The molecule has 0 aromatic heterocycles. The molecule has 5 nitrogen and oxygen atoms in total. The first-order valence-corrected chi connectivity index (χ1v) is 3.56. The summed E-state index contributed by atoms with van der Waals surface area (Å²) in [4.78, 5) is 0. The fourth-order valence-corrected chi connectivity index (χ4v) is 0. The van der Waals surface area contributed by atoms with Crippen LogP contribution in [0.15, 0.2) is 0 Å². The van der Waals surface area contributed by atoms with E-state index in [1.54, 1.807) is 7.05 Å². The van der Waals surface area contributed by atoms with Gasteiger partial charge >= 0.3 is 0 Å². The standard InChI is InChI=1S/CH5NO.CH4O3S/c1-2-3;1-5(2,3)4/h2-3H,1H3;1H3,(H,2,3,4). The predicted molar refractivity (Wildman–Crippen MR) is 25.3 cm³/mol. The molecule has 0 bridgehead atoms. The molecule has 0 saturated heterocycles. The molecule has 0 amide bonds. The molecule has 3 N–H and O–H groups in total. The Balaban J connectivity index is 0. The molecule has 8 heavy (non-hydrogen) atoms. The van der Waals surface area contributed by atoms with Crippen molar-refractivity contribution < 1.29 is 23.7 Å². The van der Waals surface area contributed by atoms with Gasteiger partial charge in [-0.05, 0) is 0 Å². The van der Waals surface area contributed by atoms with E-state index in [1.807, 2.05) is 0 Å². The zero-order chi connectivity index (χ0) is 7.21. The first-order valence-electron chi connectivity index (χ1n) is 1.74. The summed E-state index contributed by atoms with van der Waals surface area (Å²) in [6.07, 6.45) is 0.604. The molecule has 0 saturated carbocycles. The molecule has 0 aliphatic rings. The summed E-state index contributed by atoms with van der Waals surface area (Å²) in [5.74, 6) is 0. The highest BCUT2D eigenvalue weighted by atomic mass is 32.2. The van der Waals surface area contributed by atoms with E-state index >= 15 is 0 Å². The van der Waals surface area contributed by atoms with Gasteiger partial charge in [0.25, 0.3) is 0 Å². The Morgan fingerprint density at radius 1 is 1.62 bits per heavy atom. The van der Waals surface area contributed by atoms with Gasteiger partial charge in [-0.2, -0.15) is 0 Å². The normalized spacial score (nSPS) is 9.50. The fraction of sp³-hybridized carbons (Fsp3) is 1.00. The molecule has 0 rings (SSSR count). The molecular formula is C2H9NO4S. The lowest BCUT2D eigenvalue weighted by molar-refractivity contribution is -0.867. The predicted octanol–water partition coefficient (Wildman–Crippen LogP) is -2.27. The van der Waals surface area contributed by atoms with Gasteiger partial charge in [0.15, 0.2) is 0 Å². The van der Waals surface area contributed by atoms with Crippen molar-refractivity contribution in [1.82, 2.24) is 0 Å². The van der Waals surface area contributed by atoms with Crippen molar-refractivity contribution in [2.75, 3.05) is 13.3 Å². The van der Waals surface area contributed by atoms with Crippen molar-refractivity contribution in [2.45, 2.75) is 0 Å². The molecule has 0 aromatic carbocycles. The zero-order valence-electron chi connectivity index (χ0n) is 4.66. The number of quaternary nitrogens is 1. The third kappa shape index (κ3) is 4710. The molecule has 0 aliphatic heterocycles. The van der Waals surface area contributed by atoms with Gasteiger partial charge in [-0.3, -0.25) is 0 Å². The molecule has 0 aliphatic carbocycles. The summed E-state index contributed by atoms with van der Waals surface area (Å²) in [7, 11) is -2.36. The van der Waals surface area contributed by atoms with Gasteiger partial charge in [-0.15, -0.1) is 0 Å². The minimum atomic E-state index is -3.92. The van der Waals surface area contributed by atoms with E-state index in [0.29, 0.717) is 6.26 Å². The first-order chi connectivity index (χ1) is 3.41. The summed E-state index contributed by atoms with van der Waals surface area (Å²) < 4.78 is 27.2. The van der Waals surface area contributed by atoms with Crippen LogP contribution in [0.2, 0.25) is 0 Å². The van der Waals surface area contributed by atoms with E-state index in [4.69, 9.17) is 18.2 Å². The summed E-state index contributed by atoms with van der Waals surface area (Å²) in [6, 6.07) is 0. The lowest BCUT2D eigenvalue weighted by atomic mass is 11.6. The van der Waals surface area contributed by atoms with E-state index in [2.05, 4.69) is 0 Å². The van der Waals surface area contributed by atoms with Crippen LogP contribution in [0.1, 0.15) is 0 Å². The Bertz CT molecular complexity index is 108. The van der Waals surface area contributed by atoms with Gasteiger partial charge in [-0.25, -0.2) is 19.1 Å². The Labute approximate surface area is 48.0 Å². The molecule has 0 aromatic rings. The van der Waals surface area contributed by atoms with Gasteiger partial charge in [-0.1, -0.05) is 0 Å². The average molecular weight is 143 g/mol. The third-order valence-corrected chi connectivity index (χ3v) is 0. The lowest BCUT2D eigenvalue weighted by Gasteiger charge is -1.90. The van der Waals surface area contributed by atoms with Crippen LogP contribution in [-0.4, -0.2) is 31.5 Å². The quantitative estimate of drug-likeness (QED) is 0.295. The van der Waals surface area contributed by atoms with Crippen molar-refractivity contribution in [3.63, 3.8) is 0 Å². The maximum atomic E-state index is 9.08. The van der Waals surface area contributed by atoms with Crippen molar-refractivity contribution in [2.24, 2.45) is 0 Å². The van der Waals surface area contributed by atoms with E-state index in [1.165, 1.54) is 0 Å². The summed E-state index contributed by atoms with van der Waals surface area (Å²) in [6.45, 7) is 0. The third-order valence-electron chi connectivity index (χ3n) is 0. The van der Waals surface area contributed by atoms with Crippen LogP contribution < -0.4 is 5.48 Å². The number of rotatable bonds is 0. The summed E-state index contributed by atoms with van der Waals surface area (Å²) in [5, 5.41) is 7.44. The van der Waals surface area contributed by atoms with Crippen LogP contribution in [0.3, 0.4) is 0 Å². The van der Waals surface area contributed by atoms with Crippen LogP contribution in [0.5, 0.6) is 0 Å². The Morgan fingerprint density at radius 2 is 1.62 bits per heavy atom. The molecule has 52 valence electrons. The van der Waals surface area contributed by atoms with Crippen LogP contribution in [0.25, 0.3) is 0 Å². The summed E-state index contributed by atoms with van der Waals surface area (Å²) in [5.41, 5.74) is 1.00. The smallest absolute Gasteiger partial charge is 0.0947 e. The number of hydrogen-bond acceptors (Lipinski definition) is 4. The minimum Gasteiger partial charge on any atom is -0.748 e. The maximum Gasteiger partial charge on any atom is 0.0947 e. The van der Waals surface area contributed by atoms with E-state index < -0.39 is 10.1 Å². The molecular weight excluding hydrogens is 134 g/mol. The number of hydroxylamine groups is 1. The first kappa shape index (κ1) is 10.7. The highest BCUT2D eigenvalue weighted by Gasteiger charge is 1.65. The zero-order valence-corrected chi connectivity index (χ0v) is 5.47. The highest BCUT2D eigenvalue weighted by Crippen LogP contribution is 1.59. The van der Waals surface area contributed by atoms with Crippen molar-refractivity contribution >= 4 is 10.1 Å². The summed E-state index contributed by atoms with van der Waals surface area (Å²) >= 11 is 0. The van der Waals surface area contributed by atoms with Gasteiger partial charge < -0.3 is 4.55 Å².